The smallest absolute Gasteiger partial charge is 0.329 e. The highest BCUT2D eigenvalue weighted by Crippen LogP contribution is 2.25. The number of nitrogens with two attached hydrogens (primary N) is 2. The summed E-state index contributed by atoms with van der Waals surface area (Å²) < 4.78 is 8.88. The Kier molecular flexibility index (Phi) is 161. The fourth-order valence-corrected chi connectivity index (χ4v) is 0.631. The quantitative estimate of drug-likeness (QED) is 0.190. The fourth-order valence-electron chi connectivity index (χ4n) is 0.631. The predicted molar refractivity (Wildman–Crippen MR) is 126 cm³/mol. The molecule has 0 spiro atoms. The lowest BCUT2D eigenvalue weighted by molar-refractivity contribution is 0.275. The van der Waals surface area contributed by atoms with Gasteiger partial charge in [-0.1, -0.05) is 0 Å². The van der Waals surface area contributed by atoms with E-state index >= 15 is 0 Å². The Morgan fingerprint density at radius 3 is 0.815 bits per heavy atom. The molecule has 0 fully saturated rings. The first-order valence-electron chi connectivity index (χ1n) is 7.51. The van der Waals surface area contributed by atoms with Gasteiger partial charge in [0.1, 0.15) is 0 Å². The van der Waals surface area contributed by atoms with Gasteiger partial charge in [-0.3, -0.25) is 0 Å². The van der Waals surface area contributed by atoms with Crippen LogP contribution < -0.4 is 22.1 Å². The van der Waals surface area contributed by atoms with Crippen LogP contribution in [-0.2, 0) is 4.57 Å². The lowest BCUT2D eigenvalue weighted by Crippen LogP contribution is -2.32. The second kappa shape index (κ2) is 86.9. The zero-order valence-electron chi connectivity index (χ0n) is 17.1. The van der Waals surface area contributed by atoms with Crippen molar-refractivity contribution in [1.29, 1.82) is 0 Å². The van der Waals surface area contributed by atoms with Crippen molar-refractivity contribution in [2.45, 2.75) is 0 Å². The zero-order chi connectivity index (χ0) is 24.2. The van der Waals surface area contributed by atoms with E-state index in [1.165, 1.54) is 0 Å². The van der Waals surface area contributed by atoms with E-state index in [9.17, 15) is 0 Å². The summed E-state index contributed by atoms with van der Waals surface area (Å²) in [6.45, 7) is 41.1. The minimum atomic E-state index is -4.64. The van der Waals surface area contributed by atoms with E-state index in [0.717, 1.165) is 26.2 Å². The van der Waals surface area contributed by atoms with Crippen molar-refractivity contribution in [2.75, 3.05) is 39.3 Å². The maximum absolute atomic E-state index is 8.88. The second-order valence-electron chi connectivity index (χ2n) is 2.59. The van der Waals surface area contributed by atoms with Crippen LogP contribution in [-0.4, -0.2) is 53.9 Å². The van der Waals surface area contributed by atoms with Gasteiger partial charge in [0.05, 0.1) is 0 Å². The number of phosphoric acid groups is 1. The Labute approximate surface area is 168 Å². The van der Waals surface area contributed by atoms with Gasteiger partial charge in [0.2, 0.25) is 0 Å². The summed E-state index contributed by atoms with van der Waals surface area (Å²) in [5.41, 5.74) is 10.5. The first kappa shape index (κ1) is 49.9. The van der Waals surface area contributed by atoms with E-state index in [0.29, 0.717) is 13.1 Å². The molecule has 0 aliphatic rings. The van der Waals surface area contributed by atoms with Crippen LogP contribution >= 0.6 is 7.82 Å². The van der Waals surface area contributed by atoms with Crippen LogP contribution in [0.3, 0.4) is 0 Å². The molecule has 0 aliphatic carbocycles. The Morgan fingerprint density at radius 2 is 0.704 bits per heavy atom. The van der Waals surface area contributed by atoms with E-state index in [-0.39, 0.29) is 0 Å². The standard InChI is InChI=1S/C6H18N4.6C2H4.H3O4P/c7-1-3-9-5-6-10-4-2-8;6*1-2;1-5(2,3)4/h9-10H,1-8H2;6*1-2H2;(H3,1,2,3,4). The van der Waals surface area contributed by atoms with Crippen molar-refractivity contribution >= 4 is 7.82 Å². The summed E-state index contributed by atoms with van der Waals surface area (Å²) >= 11 is 0. The first-order valence-corrected chi connectivity index (χ1v) is 9.08. The molecular weight excluding hydrogens is 367 g/mol. The molecular formula is C18H45N4O4P. The molecule has 0 aromatic heterocycles. The van der Waals surface area contributed by atoms with Gasteiger partial charge >= 0.3 is 7.82 Å². The summed E-state index contributed by atoms with van der Waals surface area (Å²) in [6.07, 6.45) is 0. The maximum Gasteiger partial charge on any atom is 0.466 e. The molecule has 27 heavy (non-hydrogen) atoms. The van der Waals surface area contributed by atoms with Crippen LogP contribution in [0.4, 0.5) is 0 Å². The monoisotopic (exact) mass is 412 g/mol. The first-order chi connectivity index (χ1) is 12.9. The summed E-state index contributed by atoms with van der Waals surface area (Å²) in [7, 11) is -4.64. The Morgan fingerprint density at radius 1 is 0.556 bits per heavy atom. The average molecular weight is 413 g/mol. The van der Waals surface area contributed by atoms with Crippen molar-refractivity contribution in [2.24, 2.45) is 11.5 Å². The predicted octanol–water partition coefficient (Wildman–Crippen LogP) is 1.97. The van der Waals surface area contributed by atoms with Crippen molar-refractivity contribution in [3.63, 3.8) is 0 Å². The summed E-state index contributed by atoms with van der Waals surface area (Å²) in [6, 6.07) is 0. The van der Waals surface area contributed by atoms with Gasteiger partial charge in [-0.25, -0.2) is 4.57 Å². The van der Waals surface area contributed by atoms with Gasteiger partial charge in [-0.15, -0.1) is 78.9 Å². The molecule has 0 saturated heterocycles. The van der Waals surface area contributed by atoms with Crippen molar-refractivity contribution in [1.82, 2.24) is 10.6 Å². The van der Waals surface area contributed by atoms with Gasteiger partial charge in [-0.05, 0) is 0 Å². The van der Waals surface area contributed by atoms with Crippen LogP contribution in [0, 0.1) is 0 Å². The number of hydrogen-bond acceptors (Lipinski definition) is 5. The topological polar surface area (TPSA) is 154 Å². The molecule has 0 heterocycles. The van der Waals surface area contributed by atoms with E-state index in [1.807, 2.05) is 0 Å². The van der Waals surface area contributed by atoms with Crippen molar-refractivity contribution in [3.8, 4) is 0 Å². The van der Waals surface area contributed by atoms with Crippen molar-refractivity contribution < 1.29 is 19.2 Å². The van der Waals surface area contributed by atoms with Gasteiger partial charge in [0, 0.05) is 39.3 Å². The lowest BCUT2D eigenvalue weighted by Gasteiger charge is -2.03. The highest BCUT2D eigenvalue weighted by molar-refractivity contribution is 7.45. The van der Waals surface area contributed by atoms with Gasteiger partial charge in [0.25, 0.3) is 0 Å². The average Bonchev–Trinajstić information content (AvgIpc) is 2.73. The molecule has 0 aromatic carbocycles. The van der Waals surface area contributed by atoms with Crippen LogP contribution in [0.5, 0.6) is 0 Å². The molecule has 0 atom stereocenters. The fraction of sp³-hybridized carbons (Fsp3) is 0.333. The normalized spacial score (nSPS) is 6.85. The molecule has 0 saturated carbocycles. The van der Waals surface area contributed by atoms with Crippen LogP contribution in [0.1, 0.15) is 0 Å². The van der Waals surface area contributed by atoms with Crippen LogP contribution in [0.25, 0.3) is 0 Å². The molecule has 0 amide bonds. The number of hydrogen-bond donors (Lipinski definition) is 7. The number of rotatable bonds is 7. The van der Waals surface area contributed by atoms with E-state index in [1.54, 1.807) is 0 Å². The molecule has 8 nitrogen and oxygen atoms in total. The summed E-state index contributed by atoms with van der Waals surface area (Å²) in [5.74, 6) is 0. The van der Waals surface area contributed by atoms with Crippen LogP contribution in [0.15, 0.2) is 78.9 Å². The maximum atomic E-state index is 8.88. The third kappa shape index (κ3) is 421. The van der Waals surface area contributed by atoms with E-state index in [2.05, 4.69) is 89.6 Å². The molecule has 0 unspecified atom stereocenters. The largest absolute Gasteiger partial charge is 0.466 e. The molecule has 0 rings (SSSR count). The Bertz CT molecular complexity index is 214. The molecule has 0 bridgehead atoms. The van der Waals surface area contributed by atoms with Gasteiger partial charge in [0.15, 0.2) is 0 Å². The molecule has 0 aliphatic heterocycles. The minimum Gasteiger partial charge on any atom is -0.329 e. The number of nitrogens with one attached hydrogen (secondary N) is 2. The molecule has 166 valence electrons. The highest BCUT2D eigenvalue weighted by Gasteiger charge is 2.00. The Balaban J connectivity index is -0.0000000301. The Hall–Kier alpha value is -1.61. The van der Waals surface area contributed by atoms with Crippen LogP contribution in [0.2, 0.25) is 0 Å². The third-order valence-corrected chi connectivity index (χ3v) is 1.12. The van der Waals surface area contributed by atoms with Crippen molar-refractivity contribution in [3.05, 3.63) is 78.9 Å². The zero-order valence-corrected chi connectivity index (χ0v) is 18.0. The van der Waals surface area contributed by atoms with E-state index < -0.39 is 7.82 Å². The van der Waals surface area contributed by atoms with E-state index in [4.69, 9.17) is 30.7 Å². The highest BCUT2D eigenvalue weighted by atomic mass is 31.2. The molecule has 9 heteroatoms. The molecule has 9 N–H and O–H groups in total. The molecule has 0 radical (unpaired) electrons. The van der Waals surface area contributed by atoms with Gasteiger partial charge in [-0.2, -0.15) is 0 Å². The third-order valence-electron chi connectivity index (χ3n) is 1.12. The SMILES string of the molecule is C=C.C=C.C=C.C=C.C=C.C=C.NCCNCCNCCN.O=P(O)(O)O. The van der Waals surface area contributed by atoms with Gasteiger partial charge < -0.3 is 36.8 Å². The molecule has 0 aromatic rings. The second-order valence-corrected chi connectivity index (χ2v) is 3.62. The minimum absolute atomic E-state index is 0.705. The summed E-state index contributed by atoms with van der Waals surface area (Å²) in [4.78, 5) is 21.6. The summed E-state index contributed by atoms with van der Waals surface area (Å²) in [5, 5.41) is 6.33. The lowest BCUT2D eigenvalue weighted by atomic mass is 10.5.